The summed E-state index contributed by atoms with van der Waals surface area (Å²) >= 11 is 0. The minimum absolute atomic E-state index is 0.00156. The van der Waals surface area contributed by atoms with Crippen LogP contribution in [0.4, 0.5) is 0 Å². The highest BCUT2D eigenvalue weighted by Gasteiger charge is 2.34. The molecule has 0 radical (unpaired) electrons. The molecule has 1 aliphatic carbocycles. The zero-order valence-corrected chi connectivity index (χ0v) is 12.9. The number of ether oxygens (including phenoxy) is 1. The van der Waals surface area contributed by atoms with Crippen LogP contribution in [0.5, 0.6) is 5.75 Å². The van der Waals surface area contributed by atoms with Crippen molar-refractivity contribution < 1.29 is 14.6 Å². The molecule has 0 aliphatic heterocycles. The van der Waals surface area contributed by atoms with E-state index in [1.807, 2.05) is 18.2 Å². The minimum atomic E-state index is -0.430. The van der Waals surface area contributed by atoms with E-state index in [-0.39, 0.29) is 19.1 Å². The van der Waals surface area contributed by atoms with E-state index < -0.39 is 5.54 Å². The van der Waals surface area contributed by atoms with Gasteiger partial charge in [-0.2, -0.15) is 0 Å². The molecule has 1 fully saturated rings. The molecule has 4 heteroatoms. The number of amides is 1. The maximum absolute atomic E-state index is 12.0. The number of hydrogen-bond acceptors (Lipinski definition) is 3. The molecule has 1 aromatic rings. The van der Waals surface area contributed by atoms with Crippen molar-refractivity contribution in [2.45, 2.75) is 51.0 Å². The van der Waals surface area contributed by atoms with Crippen LogP contribution in [0.3, 0.4) is 0 Å². The van der Waals surface area contributed by atoms with Gasteiger partial charge in [0.25, 0.3) is 5.91 Å². The minimum Gasteiger partial charge on any atom is -0.484 e. The average molecular weight is 291 g/mol. The highest BCUT2D eigenvalue weighted by atomic mass is 16.5. The molecule has 2 rings (SSSR count). The highest BCUT2D eigenvalue weighted by molar-refractivity contribution is 5.78. The normalized spacial score (nSPS) is 17.0. The summed E-state index contributed by atoms with van der Waals surface area (Å²) in [6.07, 6.45) is 3.80. The van der Waals surface area contributed by atoms with Crippen LogP contribution in [-0.2, 0) is 4.79 Å². The van der Waals surface area contributed by atoms with E-state index in [1.165, 1.54) is 5.56 Å². The maximum atomic E-state index is 12.0. The Bertz CT molecular complexity index is 479. The van der Waals surface area contributed by atoms with Gasteiger partial charge in [-0.15, -0.1) is 0 Å². The van der Waals surface area contributed by atoms with Crippen LogP contribution in [0.25, 0.3) is 0 Å². The fourth-order valence-corrected chi connectivity index (χ4v) is 2.82. The fourth-order valence-electron chi connectivity index (χ4n) is 2.82. The number of carbonyl (C=O) groups is 1. The van der Waals surface area contributed by atoms with Crippen molar-refractivity contribution >= 4 is 5.91 Å². The molecule has 21 heavy (non-hydrogen) atoms. The Labute approximate surface area is 126 Å². The van der Waals surface area contributed by atoms with Crippen LogP contribution in [0.15, 0.2) is 24.3 Å². The van der Waals surface area contributed by atoms with Crippen LogP contribution in [0.1, 0.15) is 51.0 Å². The first-order valence-corrected chi connectivity index (χ1v) is 7.69. The zero-order chi connectivity index (χ0) is 15.3. The van der Waals surface area contributed by atoms with Crippen molar-refractivity contribution in [1.29, 1.82) is 0 Å². The van der Waals surface area contributed by atoms with Crippen LogP contribution in [0, 0.1) is 0 Å². The van der Waals surface area contributed by atoms with Crippen LogP contribution in [-0.4, -0.2) is 29.8 Å². The van der Waals surface area contributed by atoms with E-state index in [9.17, 15) is 9.90 Å². The summed E-state index contributed by atoms with van der Waals surface area (Å²) in [7, 11) is 0. The summed E-state index contributed by atoms with van der Waals surface area (Å²) in [5.74, 6) is 0.972. The molecule has 0 saturated heterocycles. The van der Waals surface area contributed by atoms with Crippen molar-refractivity contribution in [2.75, 3.05) is 13.2 Å². The van der Waals surface area contributed by atoms with Crippen molar-refractivity contribution in [3.05, 3.63) is 29.8 Å². The molecule has 0 atom stereocenters. The Morgan fingerprint density at radius 3 is 2.71 bits per heavy atom. The van der Waals surface area contributed by atoms with Gasteiger partial charge in [-0.1, -0.05) is 38.8 Å². The summed E-state index contributed by atoms with van der Waals surface area (Å²) in [6, 6.07) is 7.82. The number of hydrogen-bond donors (Lipinski definition) is 2. The Balaban J connectivity index is 1.87. The summed E-state index contributed by atoms with van der Waals surface area (Å²) < 4.78 is 5.56. The molecule has 1 aliphatic rings. The zero-order valence-electron chi connectivity index (χ0n) is 12.9. The third-order valence-electron chi connectivity index (χ3n) is 4.16. The first-order valence-electron chi connectivity index (χ1n) is 7.69. The summed E-state index contributed by atoms with van der Waals surface area (Å²) in [4.78, 5) is 12.0. The van der Waals surface area contributed by atoms with Crippen LogP contribution < -0.4 is 10.1 Å². The van der Waals surface area contributed by atoms with Crippen LogP contribution >= 0.6 is 0 Å². The third-order valence-corrected chi connectivity index (χ3v) is 4.16. The Kier molecular flexibility index (Phi) is 5.23. The molecule has 2 N–H and O–H groups in total. The number of carbonyl (C=O) groups excluding carboxylic acids is 1. The van der Waals surface area contributed by atoms with Gasteiger partial charge in [0.05, 0.1) is 12.1 Å². The van der Waals surface area contributed by atoms with Gasteiger partial charge in [0.2, 0.25) is 0 Å². The summed E-state index contributed by atoms with van der Waals surface area (Å²) in [5, 5.41) is 12.4. The molecule has 0 aromatic heterocycles. The molecule has 0 unspecified atom stereocenters. The number of nitrogens with one attached hydrogen (secondary N) is 1. The third kappa shape index (κ3) is 4.21. The molecule has 1 amide bonds. The number of aliphatic hydroxyl groups excluding tert-OH is 1. The first kappa shape index (κ1) is 15.8. The van der Waals surface area contributed by atoms with Gasteiger partial charge in [-0.3, -0.25) is 4.79 Å². The van der Waals surface area contributed by atoms with E-state index in [2.05, 4.69) is 25.2 Å². The van der Waals surface area contributed by atoms with Gasteiger partial charge in [0.15, 0.2) is 6.61 Å². The molecule has 0 spiro atoms. The monoisotopic (exact) mass is 291 g/mol. The van der Waals surface area contributed by atoms with E-state index in [1.54, 1.807) is 0 Å². The van der Waals surface area contributed by atoms with E-state index in [0.29, 0.717) is 11.7 Å². The van der Waals surface area contributed by atoms with Gasteiger partial charge in [-0.25, -0.2) is 0 Å². The van der Waals surface area contributed by atoms with Crippen LogP contribution in [0.2, 0.25) is 0 Å². The Morgan fingerprint density at radius 2 is 2.10 bits per heavy atom. The van der Waals surface area contributed by atoms with Gasteiger partial charge >= 0.3 is 0 Å². The smallest absolute Gasteiger partial charge is 0.258 e. The average Bonchev–Trinajstić information content (AvgIpc) is 2.94. The van der Waals surface area contributed by atoms with Crippen molar-refractivity contribution in [1.82, 2.24) is 5.32 Å². The van der Waals surface area contributed by atoms with E-state index in [0.717, 1.165) is 25.7 Å². The lowest BCUT2D eigenvalue weighted by Crippen LogP contribution is -2.50. The molecule has 116 valence electrons. The first-order chi connectivity index (χ1) is 10.0. The second-order valence-electron chi connectivity index (χ2n) is 6.21. The van der Waals surface area contributed by atoms with Crippen molar-refractivity contribution in [2.24, 2.45) is 0 Å². The lowest BCUT2D eigenvalue weighted by molar-refractivity contribution is -0.125. The SMILES string of the molecule is CC(C)c1cccc(OCC(=O)NC2(CO)CCCC2)c1. The molecular formula is C17H25NO3. The quantitative estimate of drug-likeness (QED) is 0.847. The highest BCUT2D eigenvalue weighted by Crippen LogP contribution is 2.29. The fraction of sp³-hybridized carbons (Fsp3) is 0.588. The molecule has 4 nitrogen and oxygen atoms in total. The maximum Gasteiger partial charge on any atom is 0.258 e. The second kappa shape index (κ2) is 6.94. The summed E-state index contributed by atoms with van der Waals surface area (Å²) in [6.45, 7) is 4.23. The molecule has 1 aromatic carbocycles. The van der Waals surface area contributed by atoms with Crippen molar-refractivity contribution in [3.8, 4) is 5.75 Å². The molecular weight excluding hydrogens is 266 g/mol. The molecule has 1 saturated carbocycles. The number of rotatable bonds is 6. The Morgan fingerprint density at radius 1 is 1.38 bits per heavy atom. The lowest BCUT2D eigenvalue weighted by atomic mass is 9.99. The second-order valence-corrected chi connectivity index (χ2v) is 6.21. The van der Waals surface area contributed by atoms with E-state index in [4.69, 9.17) is 4.74 Å². The molecule has 0 bridgehead atoms. The molecule has 0 heterocycles. The standard InChI is InChI=1S/C17H25NO3/c1-13(2)14-6-5-7-15(10-14)21-11-16(20)18-17(12-19)8-3-4-9-17/h5-7,10,13,19H,3-4,8-9,11-12H2,1-2H3,(H,18,20). The van der Waals surface area contributed by atoms with Gasteiger partial charge < -0.3 is 15.2 Å². The predicted octanol–water partition coefficient (Wildman–Crippen LogP) is 2.61. The van der Waals surface area contributed by atoms with Gasteiger partial charge in [0.1, 0.15) is 5.75 Å². The number of aliphatic hydroxyl groups is 1. The van der Waals surface area contributed by atoms with Crippen molar-refractivity contribution in [3.63, 3.8) is 0 Å². The number of benzene rings is 1. The van der Waals surface area contributed by atoms with E-state index >= 15 is 0 Å². The predicted molar refractivity (Wildman–Crippen MR) is 82.5 cm³/mol. The summed E-state index contributed by atoms with van der Waals surface area (Å²) in [5.41, 5.74) is 0.760. The largest absolute Gasteiger partial charge is 0.484 e. The van der Waals surface area contributed by atoms with Gasteiger partial charge in [-0.05, 0) is 36.5 Å². The topological polar surface area (TPSA) is 58.6 Å². The lowest BCUT2D eigenvalue weighted by Gasteiger charge is -2.27. The van der Waals surface area contributed by atoms with Gasteiger partial charge in [0, 0.05) is 0 Å². The Hall–Kier alpha value is -1.55.